The van der Waals surface area contributed by atoms with Gasteiger partial charge in [-0.2, -0.15) is 0 Å². The Labute approximate surface area is 125 Å². The molecule has 0 spiro atoms. The highest BCUT2D eigenvalue weighted by atomic mass is 35.5. The maximum Gasteiger partial charge on any atom is 0.114 e. The molecule has 2 aromatic rings. The molecule has 4 heteroatoms. The van der Waals surface area contributed by atoms with Gasteiger partial charge in [-0.15, -0.1) is 0 Å². The van der Waals surface area contributed by atoms with Crippen molar-refractivity contribution in [1.82, 2.24) is 9.55 Å². The predicted molar refractivity (Wildman–Crippen MR) is 84.2 cm³/mol. The summed E-state index contributed by atoms with van der Waals surface area (Å²) in [7, 11) is 0. The van der Waals surface area contributed by atoms with Gasteiger partial charge in [0.2, 0.25) is 0 Å². The molecule has 1 aromatic carbocycles. The molecule has 1 saturated carbocycles. The van der Waals surface area contributed by atoms with E-state index < -0.39 is 0 Å². The molecular formula is C16H22ClN3. The van der Waals surface area contributed by atoms with Crippen LogP contribution in [0.2, 0.25) is 5.02 Å². The molecule has 3 nitrogen and oxygen atoms in total. The first-order valence-electron chi connectivity index (χ1n) is 7.62. The Hall–Kier alpha value is -1.06. The maximum atomic E-state index is 6.41. The van der Waals surface area contributed by atoms with E-state index in [1.165, 1.54) is 24.8 Å². The van der Waals surface area contributed by atoms with Crippen LogP contribution in [0.5, 0.6) is 0 Å². The average molecular weight is 292 g/mol. The van der Waals surface area contributed by atoms with Gasteiger partial charge in [0.25, 0.3) is 0 Å². The van der Waals surface area contributed by atoms with Crippen LogP contribution in [0.1, 0.15) is 50.8 Å². The summed E-state index contributed by atoms with van der Waals surface area (Å²) in [5, 5.41) is 0.745. The molecule has 1 fully saturated rings. The Morgan fingerprint density at radius 3 is 2.90 bits per heavy atom. The normalized spacial score (nSPS) is 23.9. The molecule has 2 unspecified atom stereocenters. The third-order valence-electron chi connectivity index (χ3n) is 4.46. The van der Waals surface area contributed by atoms with E-state index in [0.29, 0.717) is 5.92 Å². The number of halogens is 1. The summed E-state index contributed by atoms with van der Waals surface area (Å²) in [6.45, 7) is 3.10. The second kappa shape index (κ2) is 5.74. The average Bonchev–Trinajstić information content (AvgIpc) is 2.65. The molecule has 1 aliphatic carbocycles. The van der Waals surface area contributed by atoms with Crippen molar-refractivity contribution in [3.63, 3.8) is 0 Å². The minimum absolute atomic E-state index is 0.232. The van der Waals surface area contributed by atoms with Gasteiger partial charge in [-0.3, -0.25) is 0 Å². The van der Waals surface area contributed by atoms with E-state index in [-0.39, 0.29) is 6.04 Å². The molecule has 108 valence electrons. The first-order valence-corrected chi connectivity index (χ1v) is 7.99. The number of hydrogen-bond donors (Lipinski definition) is 1. The standard InChI is InChI=1S/C16H22ClN3/c1-2-20-15-9-8-11(17)10-14(15)19-16(20)12-6-4-3-5-7-13(12)18/h8-10,12-13H,2-7,18H2,1H3. The van der Waals surface area contributed by atoms with Crippen molar-refractivity contribution in [1.29, 1.82) is 0 Å². The zero-order chi connectivity index (χ0) is 14.1. The van der Waals surface area contributed by atoms with Crippen LogP contribution in [-0.4, -0.2) is 15.6 Å². The van der Waals surface area contributed by atoms with Gasteiger partial charge in [0.05, 0.1) is 11.0 Å². The van der Waals surface area contributed by atoms with E-state index in [9.17, 15) is 0 Å². The van der Waals surface area contributed by atoms with Crippen LogP contribution < -0.4 is 5.73 Å². The fourth-order valence-electron chi connectivity index (χ4n) is 3.39. The van der Waals surface area contributed by atoms with Crippen molar-refractivity contribution < 1.29 is 0 Å². The molecule has 2 N–H and O–H groups in total. The lowest BCUT2D eigenvalue weighted by Gasteiger charge is -2.21. The van der Waals surface area contributed by atoms with Gasteiger partial charge < -0.3 is 10.3 Å². The Kier molecular flexibility index (Phi) is 3.99. The van der Waals surface area contributed by atoms with Crippen LogP contribution in [0, 0.1) is 0 Å². The first-order chi connectivity index (χ1) is 9.70. The fraction of sp³-hybridized carbons (Fsp3) is 0.562. The van der Waals surface area contributed by atoms with Crippen LogP contribution in [0.15, 0.2) is 18.2 Å². The van der Waals surface area contributed by atoms with Gasteiger partial charge in [0.1, 0.15) is 5.82 Å². The smallest absolute Gasteiger partial charge is 0.114 e. The summed E-state index contributed by atoms with van der Waals surface area (Å²) in [6.07, 6.45) is 6.06. The number of imidazole rings is 1. The summed E-state index contributed by atoms with van der Waals surface area (Å²) < 4.78 is 2.31. The second-order valence-corrected chi connectivity index (χ2v) is 6.19. The number of aromatic nitrogens is 2. The first kappa shape index (κ1) is 13.9. The van der Waals surface area contributed by atoms with Gasteiger partial charge in [-0.1, -0.05) is 30.9 Å². The zero-order valence-corrected chi connectivity index (χ0v) is 12.7. The number of nitrogens with two attached hydrogens (primary N) is 1. The number of benzene rings is 1. The molecule has 2 atom stereocenters. The van der Waals surface area contributed by atoms with Crippen molar-refractivity contribution in [2.45, 2.75) is 57.5 Å². The SMILES string of the molecule is CCn1c(C2CCCCCC2N)nc2cc(Cl)ccc21. The van der Waals surface area contributed by atoms with Crippen molar-refractivity contribution in [3.05, 3.63) is 29.0 Å². The van der Waals surface area contributed by atoms with Crippen LogP contribution in [-0.2, 0) is 6.54 Å². The van der Waals surface area contributed by atoms with Crippen LogP contribution in [0.3, 0.4) is 0 Å². The summed E-state index contributed by atoms with van der Waals surface area (Å²) in [5.41, 5.74) is 8.57. The molecule has 1 aromatic heterocycles. The van der Waals surface area contributed by atoms with E-state index in [0.717, 1.165) is 35.8 Å². The molecular weight excluding hydrogens is 270 g/mol. The Morgan fingerprint density at radius 2 is 2.10 bits per heavy atom. The fourth-order valence-corrected chi connectivity index (χ4v) is 3.56. The Bertz CT molecular complexity index is 605. The summed E-state index contributed by atoms with van der Waals surface area (Å²) in [6, 6.07) is 6.19. The molecule has 20 heavy (non-hydrogen) atoms. The molecule has 0 bridgehead atoms. The minimum atomic E-state index is 0.232. The van der Waals surface area contributed by atoms with E-state index >= 15 is 0 Å². The Balaban J connectivity index is 2.09. The molecule has 0 amide bonds. The summed E-state index contributed by atoms with van der Waals surface area (Å²) in [5.74, 6) is 1.53. The topological polar surface area (TPSA) is 43.8 Å². The van der Waals surface area contributed by atoms with Crippen LogP contribution >= 0.6 is 11.6 Å². The second-order valence-electron chi connectivity index (χ2n) is 5.76. The lowest BCUT2D eigenvalue weighted by atomic mass is 9.94. The third-order valence-corrected chi connectivity index (χ3v) is 4.69. The van der Waals surface area contributed by atoms with Crippen molar-refractivity contribution in [2.75, 3.05) is 0 Å². The van der Waals surface area contributed by atoms with E-state index in [1.54, 1.807) is 0 Å². The molecule has 0 aliphatic heterocycles. The van der Waals surface area contributed by atoms with Gasteiger partial charge in [-0.05, 0) is 38.0 Å². The summed E-state index contributed by atoms with van der Waals surface area (Å²) in [4.78, 5) is 4.86. The molecule has 0 radical (unpaired) electrons. The van der Waals surface area contributed by atoms with Crippen molar-refractivity contribution in [2.24, 2.45) is 5.73 Å². The van der Waals surface area contributed by atoms with Crippen molar-refractivity contribution >= 4 is 22.6 Å². The van der Waals surface area contributed by atoms with E-state index in [4.69, 9.17) is 22.3 Å². The monoisotopic (exact) mass is 291 g/mol. The number of hydrogen-bond acceptors (Lipinski definition) is 2. The summed E-state index contributed by atoms with van der Waals surface area (Å²) >= 11 is 6.09. The van der Waals surface area contributed by atoms with Crippen LogP contribution in [0.4, 0.5) is 0 Å². The predicted octanol–water partition coefficient (Wildman–Crippen LogP) is 4.08. The van der Waals surface area contributed by atoms with Gasteiger partial charge >= 0.3 is 0 Å². The van der Waals surface area contributed by atoms with Crippen LogP contribution in [0.25, 0.3) is 11.0 Å². The highest BCUT2D eigenvalue weighted by Crippen LogP contribution is 2.33. The molecule has 1 heterocycles. The lowest BCUT2D eigenvalue weighted by molar-refractivity contribution is 0.467. The van der Waals surface area contributed by atoms with Gasteiger partial charge in [-0.25, -0.2) is 4.98 Å². The lowest BCUT2D eigenvalue weighted by Crippen LogP contribution is -2.29. The largest absolute Gasteiger partial charge is 0.328 e. The van der Waals surface area contributed by atoms with E-state index in [2.05, 4.69) is 17.6 Å². The number of fused-ring (bicyclic) bond motifs is 1. The highest BCUT2D eigenvalue weighted by Gasteiger charge is 2.26. The molecule has 3 rings (SSSR count). The van der Waals surface area contributed by atoms with Gasteiger partial charge in [0.15, 0.2) is 0 Å². The quantitative estimate of drug-likeness (QED) is 0.847. The Morgan fingerprint density at radius 1 is 1.30 bits per heavy atom. The highest BCUT2D eigenvalue weighted by molar-refractivity contribution is 6.31. The van der Waals surface area contributed by atoms with Gasteiger partial charge in [0, 0.05) is 23.5 Å². The number of nitrogens with zero attached hydrogens (tertiary/aromatic N) is 2. The van der Waals surface area contributed by atoms with E-state index in [1.807, 2.05) is 12.1 Å². The zero-order valence-electron chi connectivity index (χ0n) is 12.0. The minimum Gasteiger partial charge on any atom is -0.328 e. The third kappa shape index (κ3) is 2.45. The molecule has 1 aliphatic rings. The molecule has 0 saturated heterocycles. The maximum absolute atomic E-state index is 6.41. The van der Waals surface area contributed by atoms with Crippen molar-refractivity contribution in [3.8, 4) is 0 Å². The number of rotatable bonds is 2. The number of aryl methyl sites for hydroxylation is 1.